The molecule has 0 aliphatic rings. The summed E-state index contributed by atoms with van der Waals surface area (Å²) in [5, 5.41) is 2.68. The number of sulfonamides is 1. The van der Waals surface area contributed by atoms with Gasteiger partial charge in [-0.2, -0.15) is 4.31 Å². The molecule has 0 fully saturated rings. The van der Waals surface area contributed by atoms with Crippen molar-refractivity contribution in [1.82, 2.24) is 4.31 Å². The molecule has 0 unspecified atom stereocenters. The Balaban J connectivity index is 2.12. The van der Waals surface area contributed by atoms with Gasteiger partial charge in [0.15, 0.2) is 0 Å². The Hall–Kier alpha value is -1.22. The molecule has 8 heteroatoms. The third kappa shape index (κ3) is 4.41. The third-order valence-corrected chi connectivity index (χ3v) is 6.55. The van der Waals surface area contributed by atoms with Crippen LogP contribution in [0.3, 0.4) is 0 Å². The van der Waals surface area contributed by atoms with E-state index in [1.807, 2.05) is 6.07 Å². The highest BCUT2D eigenvalue weighted by atomic mass is 79.9. The van der Waals surface area contributed by atoms with E-state index in [0.717, 1.165) is 8.78 Å². The Bertz CT molecular complexity index is 825. The lowest BCUT2D eigenvalue weighted by molar-refractivity contribution is -0.116. The number of carbonyl (C=O) groups is 1. The van der Waals surface area contributed by atoms with Gasteiger partial charge in [-0.25, -0.2) is 8.42 Å². The molecule has 0 aliphatic heterocycles. The number of para-hydroxylation sites is 1. The molecule has 0 aliphatic carbocycles. The van der Waals surface area contributed by atoms with E-state index in [0.29, 0.717) is 10.2 Å². The SMILES string of the molecule is CN(CC(=O)Nc1ccccc1Br)S(=O)(=O)c1ccccc1Br. The van der Waals surface area contributed by atoms with Crippen molar-refractivity contribution < 1.29 is 13.2 Å². The summed E-state index contributed by atoms with van der Waals surface area (Å²) in [5.74, 6) is -0.421. The van der Waals surface area contributed by atoms with Gasteiger partial charge in [0.1, 0.15) is 0 Å². The van der Waals surface area contributed by atoms with Crippen LogP contribution in [0.4, 0.5) is 5.69 Å². The second-order valence-corrected chi connectivity index (χ2v) is 8.44. The zero-order valence-electron chi connectivity index (χ0n) is 12.2. The number of nitrogens with zero attached hydrogens (tertiary/aromatic N) is 1. The van der Waals surface area contributed by atoms with Crippen LogP contribution >= 0.6 is 31.9 Å². The highest BCUT2D eigenvalue weighted by Gasteiger charge is 2.25. The topological polar surface area (TPSA) is 66.5 Å². The molecule has 0 bridgehead atoms. The molecular weight excluding hydrogens is 448 g/mol. The van der Waals surface area contributed by atoms with Crippen LogP contribution < -0.4 is 5.32 Å². The van der Waals surface area contributed by atoms with Gasteiger partial charge in [-0.1, -0.05) is 24.3 Å². The number of rotatable bonds is 5. The minimum Gasteiger partial charge on any atom is -0.324 e. The summed E-state index contributed by atoms with van der Waals surface area (Å²) < 4.78 is 27.2. The summed E-state index contributed by atoms with van der Waals surface area (Å²) in [7, 11) is -2.38. The van der Waals surface area contributed by atoms with Crippen LogP contribution in [0.1, 0.15) is 0 Å². The molecule has 0 saturated carbocycles. The number of hydrogen-bond donors (Lipinski definition) is 1. The summed E-state index contributed by atoms with van der Waals surface area (Å²) >= 11 is 6.54. The average molecular weight is 462 g/mol. The van der Waals surface area contributed by atoms with Crippen molar-refractivity contribution in [2.45, 2.75) is 4.90 Å². The van der Waals surface area contributed by atoms with Crippen molar-refractivity contribution in [3.05, 3.63) is 57.5 Å². The second-order valence-electron chi connectivity index (χ2n) is 4.72. The minimum absolute atomic E-state index is 0.121. The van der Waals surface area contributed by atoms with Crippen molar-refractivity contribution >= 4 is 53.5 Å². The van der Waals surface area contributed by atoms with E-state index in [4.69, 9.17) is 0 Å². The van der Waals surface area contributed by atoms with Gasteiger partial charge in [-0.15, -0.1) is 0 Å². The third-order valence-electron chi connectivity index (χ3n) is 3.04. The van der Waals surface area contributed by atoms with E-state index < -0.39 is 15.9 Å². The van der Waals surface area contributed by atoms with Gasteiger partial charge < -0.3 is 5.32 Å². The molecule has 23 heavy (non-hydrogen) atoms. The van der Waals surface area contributed by atoms with Gasteiger partial charge in [0.2, 0.25) is 15.9 Å². The fraction of sp³-hybridized carbons (Fsp3) is 0.133. The van der Waals surface area contributed by atoms with Gasteiger partial charge in [0.05, 0.1) is 17.1 Å². The normalized spacial score (nSPS) is 11.5. The van der Waals surface area contributed by atoms with Gasteiger partial charge in [-0.05, 0) is 56.1 Å². The highest BCUT2D eigenvalue weighted by Crippen LogP contribution is 2.24. The lowest BCUT2D eigenvalue weighted by Gasteiger charge is -2.18. The summed E-state index contributed by atoms with van der Waals surface area (Å²) in [4.78, 5) is 12.2. The average Bonchev–Trinajstić information content (AvgIpc) is 2.49. The number of anilines is 1. The van der Waals surface area contributed by atoms with Crippen LogP contribution in [0.25, 0.3) is 0 Å². The standard InChI is InChI=1S/C15H14Br2N2O3S/c1-19(23(21,22)14-9-5-3-7-12(14)17)10-15(20)18-13-8-4-2-6-11(13)16/h2-9H,10H2,1H3,(H,18,20). The van der Waals surface area contributed by atoms with Crippen LogP contribution in [0, 0.1) is 0 Å². The van der Waals surface area contributed by atoms with Crippen molar-refractivity contribution in [3.63, 3.8) is 0 Å². The maximum atomic E-state index is 12.5. The smallest absolute Gasteiger partial charge is 0.244 e. The zero-order valence-corrected chi connectivity index (χ0v) is 16.2. The van der Waals surface area contributed by atoms with Crippen LogP contribution in [-0.2, 0) is 14.8 Å². The highest BCUT2D eigenvalue weighted by molar-refractivity contribution is 9.10. The molecule has 1 N–H and O–H groups in total. The van der Waals surface area contributed by atoms with E-state index in [-0.39, 0.29) is 11.4 Å². The van der Waals surface area contributed by atoms with E-state index in [1.165, 1.54) is 13.1 Å². The van der Waals surface area contributed by atoms with Crippen LogP contribution in [-0.4, -0.2) is 32.2 Å². The Morgan fingerprint density at radius 1 is 1.04 bits per heavy atom. The first kappa shape index (κ1) is 18.1. The Labute approximate surface area is 152 Å². The fourth-order valence-electron chi connectivity index (χ4n) is 1.86. The van der Waals surface area contributed by atoms with Crippen molar-refractivity contribution in [2.24, 2.45) is 0 Å². The molecule has 2 aromatic rings. The van der Waals surface area contributed by atoms with Gasteiger partial charge in [0, 0.05) is 16.0 Å². The lowest BCUT2D eigenvalue weighted by Crippen LogP contribution is -2.35. The molecule has 0 heterocycles. The molecule has 0 spiro atoms. The fourth-order valence-corrected chi connectivity index (χ4v) is 4.33. The molecule has 2 rings (SSSR count). The molecule has 0 radical (unpaired) electrons. The van der Waals surface area contributed by atoms with Crippen molar-refractivity contribution in [1.29, 1.82) is 0 Å². The summed E-state index contributed by atoms with van der Waals surface area (Å²) in [6.07, 6.45) is 0. The summed E-state index contributed by atoms with van der Waals surface area (Å²) in [6.45, 7) is -0.287. The number of hydrogen-bond acceptors (Lipinski definition) is 3. The van der Waals surface area contributed by atoms with Crippen molar-refractivity contribution in [3.8, 4) is 0 Å². The Morgan fingerprint density at radius 2 is 1.61 bits per heavy atom. The first-order chi connectivity index (χ1) is 10.8. The molecule has 5 nitrogen and oxygen atoms in total. The van der Waals surface area contributed by atoms with Gasteiger partial charge in [-0.3, -0.25) is 4.79 Å². The Kier molecular flexibility index (Phi) is 5.96. The van der Waals surface area contributed by atoms with E-state index >= 15 is 0 Å². The van der Waals surface area contributed by atoms with Crippen LogP contribution in [0.15, 0.2) is 62.4 Å². The summed E-state index contributed by atoms with van der Waals surface area (Å²) in [5.41, 5.74) is 0.587. The number of likely N-dealkylation sites (N-methyl/N-ethyl adjacent to an activating group) is 1. The maximum absolute atomic E-state index is 12.5. The quantitative estimate of drug-likeness (QED) is 0.741. The number of benzene rings is 2. The first-order valence-electron chi connectivity index (χ1n) is 6.57. The van der Waals surface area contributed by atoms with Crippen LogP contribution in [0.5, 0.6) is 0 Å². The molecular formula is C15H14Br2N2O3S. The number of nitrogens with one attached hydrogen (secondary N) is 1. The monoisotopic (exact) mass is 460 g/mol. The molecule has 2 aromatic carbocycles. The van der Waals surface area contributed by atoms with Gasteiger partial charge in [0.25, 0.3) is 0 Å². The maximum Gasteiger partial charge on any atom is 0.244 e. The van der Waals surface area contributed by atoms with Gasteiger partial charge >= 0.3 is 0 Å². The number of carbonyl (C=O) groups excluding carboxylic acids is 1. The van der Waals surface area contributed by atoms with E-state index in [2.05, 4.69) is 37.2 Å². The predicted molar refractivity (Wildman–Crippen MR) is 96.7 cm³/mol. The first-order valence-corrected chi connectivity index (χ1v) is 9.60. The predicted octanol–water partition coefficient (Wildman–Crippen LogP) is 3.47. The number of amides is 1. The second kappa shape index (κ2) is 7.57. The molecule has 122 valence electrons. The van der Waals surface area contributed by atoms with E-state index in [9.17, 15) is 13.2 Å². The minimum atomic E-state index is -3.75. The number of halogens is 2. The van der Waals surface area contributed by atoms with E-state index in [1.54, 1.807) is 36.4 Å². The molecule has 0 aromatic heterocycles. The molecule has 0 saturated heterocycles. The summed E-state index contributed by atoms with van der Waals surface area (Å²) in [6, 6.07) is 13.6. The van der Waals surface area contributed by atoms with Crippen molar-refractivity contribution in [2.75, 3.05) is 18.9 Å². The lowest BCUT2D eigenvalue weighted by atomic mass is 10.3. The molecule has 1 amide bonds. The molecule has 0 atom stereocenters. The Morgan fingerprint density at radius 3 is 2.22 bits per heavy atom. The largest absolute Gasteiger partial charge is 0.324 e. The van der Waals surface area contributed by atoms with Crippen LogP contribution in [0.2, 0.25) is 0 Å². The zero-order chi connectivity index (χ0) is 17.0.